The number of fused-ring (bicyclic) bond motifs is 1. The molecular weight excluding hydrogens is 571 g/mol. The van der Waals surface area contributed by atoms with Crippen LogP contribution in [0.2, 0.25) is 0 Å². The molecule has 0 saturated heterocycles. The Labute approximate surface area is 257 Å². The van der Waals surface area contributed by atoms with Gasteiger partial charge in [0.1, 0.15) is 6.04 Å². The Kier molecular flexibility index (Phi) is 12.6. The van der Waals surface area contributed by atoms with E-state index in [1.165, 1.54) is 12.3 Å². The zero-order valence-electron chi connectivity index (χ0n) is 25.4. The number of hydrogen-bond acceptors (Lipinski definition) is 6. The van der Waals surface area contributed by atoms with Gasteiger partial charge in [0.05, 0.1) is 56.2 Å². The molecule has 12 heteroatoms. The van der Waals surface area contributed by atoms with Gasteiger partial charge in [-0.2, -0.15) is 13.2 Å². The lowest BCUT2D eigenvalue weighted by Gasteiger charge is -2.31. The van der Waals surface area contributed by atoms with Crippen LogP contribution in [0.4, 0.5) is 18.9 Å². The molecular formula is C32H45F3N7O2+. The molecule has 0 radical (unpaired) electrons. The first-order valence-corrected chi connectivity index (χ1v) is 14.9. The lowest BCUT2D eigenvalue weighted by Crippen LogP contribution is -2.50. The third-order valence-corrected chi connectivity index (χ3v) is 7.89. The van der Waals surface area contributed by atoms with Crippen LogP contribution in [0, 0.1) is 5.92 Å². The van der Waals surface area contributed by atoms with Crippen LogP contribution < -0.4 is 27.8 Å². The molecule has 0 unspecified atom stereocenters. The highest BCUT2D eigenvalue weighted by molar-refractivity contribution is 5.98. The first-order chi connectivity index (χ1) is 20.8. The number of para-hydroxylation sites is 1. The average molecular weight is 617 g/mol. The zero-order chi connectivity index (χ0) is 32.3. The number of carbonyl (C=O) groups excluding carboxylic acids is 2. The van der Waals surface area contributed by atoms with E-state index in [9.17, 15) is 22.8 Å². The molecule has 0 bridgehead atoms. The van der Waals surface area contributed by atoms with Gasteiger partial charge in [-0.3, -0.25) is 14.6 Å². The lowest BCUT2D eigenvalue weighted by atomic mass is 10.0. The van der Waals surface area contributed by atoms with Crippen molar-refractivity contribution < 1.29 is 27.2 Å². The fourth-order valence-corrected chi connectivity index (χ4v) is 4.98. The molecule has 2 atom stereocenters. The summed E-state index contributed by atoms with van der Waals surface area (Å²) in [7, 11) is 4.21. The SMILES string of the molecule is C[N+](C)(CCC[C@H](N)C(=O)N[C@@H](CCc1cccc(C(F)(F)F)c1)C(=O)Nc1cnc2ccccc2c1)CCC(CN)CN. The van der Waals surface area contributed by atoms with Crippen molar-refractivity contribution in [3.8, 4) is 0 Å². The van der Waals surface area contributed by atoms with Gasteiger partial charge in [0.25, 0.3) is 0 Å². The number of nitrogens with one attached hydrogen (secondary N) is 2. The molecule has 0 saturated carbocycles. The molecule has 3 aromatic rings. The summed E-state index contributed by atoms with van der Waals surface area (Å²) in [5.41, 5.74) is 18.6. The van der Waals surface area contributed by atoms with E-state index >= 15 is 0 Å². The highest BCUT2D eigenvalue weighted by Crippen LogP contribution is 2.30. The number of aryl methyl sites for hydroxylation is 1. The minimum absolute atomic E-state index is 0.0694. The van der Waals surface area contributed by atoms with Gasteiger partial charge in [-0.15, -0.1) is 0 Å². The molecule has 44 heavy (non-hydrogen) atoms. The van der Waals surface area contributed by atoms with Crippen molar-refractivity contribution in [3.05, 3.63) is 71.9 Å². The summed E-state index contributed by atoms with van der Waals surface area (Å²) in [6.45, 7) is 2.77. The van der Waals surface area contributed by atoms with Crippen LogP contribution in [0.3, 0.4) is 0 Å². The molecule has 0 aliphatic carbocycles. The van der Waals surface area contributed by atoms with Gasteiger partial charge >= 0.3 is 6.18 Å². The second-order valence-corrected chi connectivity index (χ2v) is 12.0. The number of aromatic nitrogens is 1. The van der Waals surface area contributed by atoms with Gasteiger partial charge in [0, 0.05) is 11.8 Å². The van der Waals surface area contributed by atoms with E-state index < -0.39 is 35.6 Å². The van der Waals surface area contributed by atoms with Gasteiger partial charge in [-0.1, -0.05) is 36.4 Å². The number of rotatable bonds is 16. The topological polar surface area (TPSA) is 149 Å². The maximum Gasteiger partial charge on any atom is 0.416 e. The van der Waals surface area contributed by atoms with E-state index in [0.29, 0.717) is 37.2 Å². The van der Waals surface area contributed by atoms with Crippen LogP contribution in [0.1, 0.15) is 36.8 Å². The van der Waals surface area contributed by atoms with Crippen molar-refractivity contribution in [1.29, 1.82) is 0 Å². The van der Waals surface area contributed by atoms with Crippen LogP contribution in [-0.2, 0) is 22.2 Å². The van der Waals surface area contributed by atoms with Gasteiger partial charge in [-0.25, -0.2) is 0 Å². The summed E-state index contributed by atoms with van der Waals surface area (Å²) in [4.78, 5) is 30.9. The second kappa shape index (κ2) is 15.9. The quantitative estimate of drug-likeness (QED) is 0.156. The summed E-state index contributed by atoms with van der Waals surface area (Å²) < 4.78 is 40.5. The second-order valence-electron chi connectivity index (χ2n) is 12.0. The third-order valence-electron chi connectivity index (χ3n) is 7.89. The molecule has 8 N–H and O–H groups in total. The minimum atomic E-state index is -4.49. The van der Waals surface area contributed by atoms with E-state index in [1.807, 2.05) is 24.3 Å². The Morgan fingerprint density at radius 1 is 0.932 bits per heavy atom. The van der Waals surface area contributed by atoms with Crippen LogP contribution in [0.5, 0.6) is 0 Å². The smallest absolute Gasteiger partial charge is 0.343 e. The first-order valence-electron chi connectivity index (χ1n) is 14.9. The standard InChI is InChI=1S/C32H44F3N7O2/c1-42(2,16-14-23(19-36)20-37)15-6-10-27(38)30(43)41-29(13-12-22-7-5-9-25(17-22)32(33,34)35)31(44)40-26-18-24-8-3-4-11-28(24)39-21-26/h3-5,7-9,11,17-18,21,23,27,29H,6,10,12-16,19-20,36-38H2,1-2H3,(H-,40,41,43,44)/p+1/t27-,29-/m0/s1. The van der Waals surface area contributed by atoms with Crippen LogP contribution >= 0.6 is 0 Å². The van der Waals surface area contributed by atoms with Gasteiger partial charge in [-0.05, 0) is 68.5 Å². The largest absolute Gasteiger partial charge is 0.416 e. The molecule has 0 aliphatic rings. The lowest BCUT2D eigenvalue weighted by molar-refractivity contribution is -0.891. The average Bonchev–Trinajstić information content (AvgIpc) is 2.99. The van der Waals surface area contributed by atoms with Gasteiger partial charge < -0.3 is 32.3 Å². The normalized spacial score (nSPS) is 13.6. The number of benzene rings is 2. The van der Waals surface area contributed by atoms with Gasteiger partial charge in [0.15, 0.2) is 0 Å². The Bertz CT molecular complexity index is 1380. The van der Waals surface area contributed by atoms with Crippen molar-refractivity contribution in [2.75, 3.05) is 45.6 Å². The molecule has 1 heterocycles. The van der Waals surface area contributed by atoms with E-state index in [1.54, 1.807) is 12.1 Å². The van der Waals surface area contributed by atoms with E-state index in [4.69, 9.17) is 17.2 Å². The number of alkyl halides is 3. The molecule has 0 aliphatic heterocycles. The predicted molar refractivity (Wildman–Crippen MR) is 167 cm³/mol. The van der Waals surface area contributed by atoms with Crippen LogP contribution in [0.15, 0.2) is 60.8 Å². The summed E-state index contributed by atoms with van der Waals surface area (Å²) in [5, 5.41) is 6.35. The fraction of sp³-hybridized carbons (Fsp3) is 0.469. The summed E-state index contributed by atoms with van der Waals surface area (Å²) in [5.74, 6) is -0.742. The Balaban J connectivity index is 1.66. The number of anilines is 1. The molecule has 9 nitrogen and oxygen atoms in total. The Morgan fingerprint density at radius 3 is 2.36 bits per heavy atom. The number of hydrogen-bond donors (Lipinski definition) is 5. The fourth-order valence-electron chi connectivity index (χ4n) is 4.98. The molecule has 240 valence electrons. The van der Waals surface area contributed by atoms with E-state index in [0.717, 1.165) is 47.0 Å². The summed E-state index contributed by atoms with van der Waals surface area (Å²) >= 11 is 0. The maximum atomic E-state index is 13.4. The number of carbonyl (C=O) groups is 2. The predicted octanol–water partition coefficient (Wildman–Crippen LogP) is 3.42. The summed E-state index contributed by atoms with van der Waals surface area (Å²) in [6.07, 6.45) is -0.780. The number of quaternary nitrogens is 1. The van der Waals surface area contributed by atoms with E-state index in [2.05, 4.69) is 29.7 Å². The number of halogens is 3. The first kappa shape index (κ1) is 34.9. The van der Waals surface area contributed by atoms with E-state index in [-0.39, 0.29) is 18.8 Å². The molecule has 2 aromatic carbocycles. The molecule has 2 amide bonds. The highest BCUT2D eigenvalue weighted by atomic mass is 19.4. The molecule has 0 spiro atoms. The molecule has 1 aromatic heterocycles. The van der Waals surface area contributed by atoms with Crippen LogP contribution in [-0.4, -0.2) is 73.6 Å². The highest BCUT2D eigenvalue weighted by Gasteiger charge is 2.31. The number of amides is 2. The van der Waals surface area contributed by atoms with Crippen molar-refractivity contribution in [3.63, 3.8) is 0 Å². The van der Waals surface area contributed by atoms with Crippen molar-refractivity contribution in [2.24, 2.45) is 23.1 Å². The number of nitrogens with two attached hydrogens (primary N) is 3. The van der Waals surface area contributed by atoms with Crippen molar-refractivity contribution in [1.82, 2.24) is 10.3 Å². The molecule has 0 fully saturated rings. The Hall–Kier alpha value is -3.58. The molecule has 3 rings (SSSR count). The van der Waals surface area contributed by atoms with Gasteiger partial charge in [0.2, 0.25) is 11.8 Å². The van der Waals surface area contributed by atoms with Crippen molar-refractivity contribution in [2.45, 2.75) is 50.4 Å². The van der Waals surface area contributed by atoms with Crippen LogP contribution in [0.25, 0.3) is 10.9 Å². The summed E-state index contributed by atoms with van der Waals surface area (Å²) in [6, 6.07) is 12.2. The van der Waals surface area contributed by atoms with Crippen molar-refractivity contribution >= 4 is 28.4 Å². The Morgan fingerprint density at radius 2 is 1.66 bits per heavy atom. The monoisotopic (exact) mass is 616 g/mol. The third kappa shape index (κ3) is 10.8. The number of nitrogens with zero attached hydrogens (tertiary/aromatic N) is 2. The maximum absolute atomic E-state index is 13.4. The minimum Gasteiger partial charge on any atom is -0.343 e. The number of pyridine rings is 1. The zero-order valence-corrected chi connectivity index (χ0v) is 25.4.